The molecule has 1 aliphatic rings. The number of rotatable bonds is 3. The molecule has 1 N–H and O–H groups in total. The van der Waals surface area contributed by atoms with Crippen LogP contribution in [-0.2, 0) is 9.59 Å². The highest BCUT2D eigenvalue weighted by atomic mass is 32.1. The van der Waals surface area contributed by atoms with E-state index in [2.05, 4.69) is 34.1 Å². The second kappa shape index (κ2) is 7.96. The van der Waals surface area contributed by atoms with Crippen LogP contribution >= 0.6 is 12.2 Å². The Morgan fingerprint density at radius 3 is 2.26 bits per heavy atom. The molecule has 1 saturated heterocycles. The molecule has 0 aliphatic carbocycles. The summed E-state index contributed by atoms with van der Waals surface area (Å²) in [6.07, 6.45) is 1.65. The van der Waals surface area contributed by atoms with E-state index in [4.69, 9.17) is 12.2 Å². The first-order valence-corrected chi connectivity index (χ1v) is 10.4. The molecule has 156 valence electrons. The van der Waals surface area contributed by atoms with E-state index in [9.17, 15) is 9.59 Å². The van der Waals surface area contributed by atoms with Gasteiger partial charge in [-0.25, -0.2) is 0 Å². The van der Waals surface area contributed by atoms with E-state index >= 15 is 0 Å². The minimum atomic E-state index is -0.487. The predicted octanol–water partition coefficient (Wildman–Crippen LogP) is 4.54. The van der Waals surface area contributed by atoms with Crippen molar-refractivity contribution in [3.8, 4) is 5.69 Å². The quantitative estimate of drug-likeness (QED) is 0.378. The Bertz CT molecular complexity index is 1250. The van der Waals surface area contributed by atoms with Gasteiger partial charge in [0.25, 0.3) is 11.8 Å². The van der Waals surface area contributed by atoms with Crippen LogP contribution in [-0.4, -0.2) is 21.5 Å². The van der Waals surface area contributed by atoms with E-state index in [1.807, 2.05) is 52.0 Å². The first-order chi connectivity index (χ1) is 14.8. The molecule has 0 spiro atoms. The molecule has 1 aromatic heterocycles. The molecule has 0 radical (unpaired) electrons. The summed E-state index contributed by atoms with van der Waals surface area (Å²) in [6.45, 7) is 7.97. The maximum atomic E-state index is 13.3. The minimum Gasteiger partial charge on any atom is -0.318 e. The lowest BCUT2D eigenvalue weighted by molar-refractivity contribution is -0.122. The summed E-state index contributed by atoms with van der Waals surface area (Å²) in [5, 5.41) is 2.74. The normalized spacial score (nSPS) is 15.5. The number of aromatic nitrogens is 1. The van der Waals surface area contributed by atoms with Crippen molar-refractivity contribution in [1.29, 1.82) is 0 Å². The van der Waals surface area contributed by atoms with E-state index in [1.54, 1.807) is 12.1 Å². The number of nitrogens with zero attached hydrogens (tertiary/aromatic N) is 2. The number of aryl methyl sites for hydroxylation is 3. The summed E-state index contributed by atoms with van der Waals surface area (Å²) >= 11 is 5.29. The van der Waals surface area contributed by atoms with E-state index in [0.29, 0.717) is 5.69 Å². The third-order valence-corrected chi connectivity index (χ3v) is 5.71. The average Bonchev–Trinajstić information content (AvgIpc) is 2.99. The summed E-state index contributed by atoms with van der Waals surface area (Å²) in [5.74, 6) is -0.918. The Balaban J connectivity index is 1.76. The number of carbonyl (C=O) groups is 2. The molecular weight excluding hydrogens is 406 g/mol. The van der Waals surface area contributed by atoms with Gasteiger partial charge in [-0.05, 0) is 87.4 Å². The zero-order valence-corrected chi connectivity index (χ0v) is 18.7. The van der Waals surface area contributed by atoms with Crippen molar-refractivity contribution in [3.63, 3.8) is 0 Å². The monoisotopic (exact) mass is 429 g/mol. The second-order valence-electron chi connectivity index (χ2n) is 7.79. The number of nitrogens with one attached hydrogen (secondary N) is 1. The number of carbonyl (C=O) groups excluding carboxylic acids is 2. The lowest BCUT2D eigenvalue weighted by Crippen LogP contribution is -2.54. The Morgan fingerprint density at radius 1 is 0.871 bits per heavy atom. The van der Waals surface area contributed by atoms with Crippen LogP contribution in [0.25, 0.3) is 11.8 Å². The Hall–Kier alpha value is -3.51. The number of hydrogen-bond acceptors (Lipinski definition) is 3. The maximum absolute atomic E-state index is 13.3. The van der Waals surface area contributed by atoms with Gasteiger partial charge in [0.1, 0.15) is 5.57 Å². The van der Waals surface area contributed by atoms with Crippen LogP contribution in [0.1, 0.15) is 28.1 Å². The summed E-state index contributed by atoms with van der Waals surface area (Å²) in [7, 11) is 0. The molecule has 0 atom stereocenters. The lowest BCUT2D eigenvalue weighted by atomic mass is 10.1. The molecule has 4 rings (SSSR count). The van der Waals surface area contributed by atoms with Gasteiger partial charge in [-0.1, -0.05) is 29.8 Å². The molecule has 2 aromatic carbocycles. The van der Waals surface area contributed by atoms with E-state index < -0.39 is 11.8 Å². The van der Waals surface area contributed by atoms with Gasteiger partial charge in [-0.2, -0.15) is 0 Å². The number of anilines is 1. The lowest BCUT2D eigenvalue weighted by Gasteiger charge is -2.29. The third kappa shape index (κ3) is 3.82. The van der Waals surface area contributed by atoms with Gasteiger partial charge < -0.3 is 4.57 Å². The molecule has 0 saturated carbocycles. The van der Waals surface area contributed by atoms with Crippen LogP contribution in [0.3, 0.4) is 0 Å². The first-order valence-electron chi connectivity index (χ1n) is 10.0. The summed E-state index contributed by atoms with van der Waals surface area (Å²) in [4.78, 5) is 27.3. The van der Waals surface area contributed by atoms with Crippen LogP contribution in [0.5, 0.6) is 0 Å². The molecule has 6 heteroatoms. The fraction of sp³-hybridized carbons (Fsp3) is 0.160. The van der Waals surface area contributed by atoms with Gasteiger partial charge in [0.2, 0.25) is 0 Å². The predicted molar refractivity (Wildman–Crippen MR) is 127 cm³/mol. The molecule has 2 amide bonds. The van der Waals surface area contributed by atoms with Gasteiger partial charge in [-0.15, -0.1) is 0 Å². The highest BCUT2D eigenvalue weighted by molar-refractivity contribution is 7.80. The van der Waals surface area contributed by atoms with Gasteiger partial charge in [-0.3, -0.25) is 19.8 Å². The van der Waals surface area contributed by atoms with Crippen LogP contribution < -0.4 is 10.2 Å². The van der Waals surface area contributed by atoms with Crippen molar-refractivity contribution in [2.75, 3.05) is 4.90 Å². The number of benzene rings is 2. The Labute approximate surface area is 187 Å². The third-order valence-electron chi connectivity index (χ3n) is 5.42. The average molecular weight is 430 g/mol. The standard InChI is InChI=1S/C25H23N3O2S/c1-15-8-10-20(11-9-15)27-17(3)13-19(18(27)4)14-22-23(29)26-25(31)28(24(22)30)21-7-5-6-16(2)12-21/h5-14H,1-4H3,(H,26,29,31)/b22-14+. The topological polar surface area (TPSA) is 54.3 Å². The van der Waals surface area contributed by atoms with Gasteiger partial charge >= 0.3 is 0 Å². The maximum Gasteiger partial charge on any atom is 0.270 e. The minimum absolute atomic E-state index is 0.0549. The van der Waals surface area contributed by atoms with Crippen molar-refractivity contribution in [3.05, 3.63) is 88.2 Å². The fourth-order valence-electron chi connectivity index (χ4n) is 3.84. The van der Waals surface area contributed by atoms with Crippen molar-refractivity contribution in [1.82, 2.24) is 9.88 Å². The number of thiocarbonyl (C=S) groups is 1. The first kappa shape index (κ1) is 20.8. The van der Waals surface area contributed by atoms with E-state index in [-0.39, 0.29) is 10.7 Å². The van der Waals surface area contributed by atoms with E-state index in [1.165, 1.54) is 10.5 Å². The van der Waals surface area contributed by atoms with Gasteiger partial charge in [0, 0.05) is 17.1 Å². The molecular formula is C25H23N3O2S. The summed E-state index contributed by atoms with van der Waals surface area (Å²) < 4.78 is 2.11. The molecule has 1 aliphatic heterocycles. The molecule has 3 aromatic rings. The van der Waals surface area contributed by atoms with Crippen molar-refractivity contribution in [2.24, 2.45) is 0 Å². The van der Waals surface area contributed by atoms with Crippen LogP contribution in [0.4, 0.5) is 5.69 Å². The summed E-state index contributed by atoms with van der Waals surface area (Å²) in [5.41, 5.74) is 6.68. The SMILES string of the molecule is Cc1ccc(-n2c(C)cc(/C=C3\C(=O)NC(=S)N(c4cccc(C)c4)C3=O)c2C)cc1. The van der Waals surface area contributed by atoms with Gasteiger partial charge in [0.15, 0.2) is 5.11 Å². The Morgan fingerprint density at radius 2 is 1.58 bits per heavy atom. The second-order valence-corrected chi connectivity index (χ2v) is 8.18. The van der Waals surface area contributed by atoms with E-state index in [0.717, 1.165) is 28.2 Å². The summed E-state index contributed by atoms with van der Waals surface area (Å²) in [6, 6.07) is 17.7. The Kier molecular flexibility index (Phi) is 5.33. The van der Waals surface area contributed by atoms with Crippen LogP contribution in [0.2, 0.25) is 0 Å². The zero-order valence-electron chi connectivity index (χ0n) is 17.9. The van der Waals surface area contributed by atoms with Crippen molar-refractivity contribution in [2.45, 2.75) is 27.7 Å². The zero-order chi connectivity index (χ0) is 22.3. The highest BCUT2D eigenvalue weighted by Crippen LogP contribution is 2.26. The molecule has 1 fully saturated rings. The fourth-order valence-corrected chi connectivity index (χ4v) is 4.12. The largest absolute Gasteiger partial charge is 0.318 e. The molecule has 0 bridgehead atoms. The number of hydrogen-bond donors (Lipinski definition) is 1. The highest BCUT2D eigenvalue weighted by Gasteiger charge is 2.34. The van der Waals surface area contributed by atoms with Gasteiger partial charge in [0.05, 0.1) is 5.69 Å². The molecule has 5 nitrogen and oxygen atoms in total. The molecule has 2 heterocycles. The van der Waals surface area contributed by atoms with Crippen LogP contribution in [0.15, 0.2) is 60.2 Å². The molecule has 0 unspecified atom stereocenters. The smallest absolute Gasteiger partial charge is 0.270 e. The van der Waals surface area contributed by atoms with Crippen molar-refractivity contribution >= 4 is 40.9 Å². The van der Waals surface area contributed by atoms with Crippen molar-refractivity contribution < 1.29 is 9.59 Å². The molecule has 31 heavy (non-hydrogen) atoms. The van der Waals surface area contributed by atoms with Crippen LogP contribution in [0, 0.1) is 27.7 Å². The number of amides is 2.